The minimum absolute atomic E-state index is 0.0926. The van der Waals surface area contributed by atoms with E-state index in [1.807, 2.05) is 0 Å². The summed E-state index contributed by atoms with van der Waals surface area (Å²) < 4.78 is 33.4. The van der Waals surface area contributed by atoms with Crippen LogP contribution < -0.4 is 5.73 Å². The molecule has 298 valence electrons. The first-order valence-electron chi connectivity index (χ1n) is 21.2. The van der Waals surface area contributed by atoms with Crippen molar-refractivity contribution >= 4 is 13.8 Å². The number of rotatable bonds is 41. The van der Waals surface area contributed by atoms with Crippen LogP contribution in [-0.2, 0) is 27.9 Å². The SMILES string of the molecule is CCCCCCCC/C=C\CCCCCCCCCCCC(=O)OC(COCCCCCCCCCCCCCC)COP(=O)(O)OCCN. The molecule has 0 heterocycles. The van der Waals surface area contributed by atoms with Crippen LogP contribution in [0.15, 0.2) is 12.2 Å². The molecule has 2 unspecified atom stereocenters. The number of unbranched alkanes of at least 4 members (excludes halogenated alkanes) is 26. The summed E-state index contributed by atoms with van der Waals surface area (Å²) in [5.74, 6) is -0.329. The predicted molar refractivity (Wildman–Crippen MR) is 210 cm³/mol. The summed E-state index contributed by atoms with van der Waals surface area (Å²) in [5.41, 5.74) is 5.36. The maximum absolute atomic E-state index is 12.6. The number of nitrogens with two attached hydrogens (primary N) is 1. The lowest BCUT2D eigenvalue weighted by atomic mass is 10.1. The zero-order chi connectivity index (χ0) is 36.6. The summed E-state index contributed by atoms with van der Waals surface area (Å²) in [4.78, 5) is 22.4. The standard InChI is InChI=1S/C41H82NO7P/c1-3-5-7-9-11-13-15-17-18-19-20-21-22-23-24-26-28-30-32-34-41(43)49-40(39-48-50(44,45)47-37-35-42)38-46-36-33-31-29-27-25-16-14-12-10-8-6-4-2/h17-18,40H,3-16,19-39,42H2,1-2H3,(H,44,45)/b18-17-. The number of ether oxygens (including phenoxy) is 2. The fraction of sp³-hybridized carbons (Fsp3) is 0.927. The van der Waals surface area contributed by atoms with Gasteiger partial charge in [0.15, 0.2) is 0 Å². The highest BCUT2D eigenvalue weighted by Crippen LogP contribution is 2.43. The smallest absolute Gasteiger partial charge is 0.457 e. The topological polar surface area (TPSA) is 117 Å². The molecule has 0 saturated carbocycles. The zero-order valence-electron chi connectivity index (χ0n) is 32.9. The van der Waals surface area contributed by atoms with Gasteiger partial charge in [-0.1, -0.05) is 174 Å². The molecule has 0 rings (SSSR count). The van der Waals surface area contributed by atoms with Gasteiger partial charge in [-0.2, -0.15) is 0 Å². The Kier molecular flexibility index (Phi) is 38.8. The summed E-state index contributed by atoms with van der Waals surface area (Å²) >= 11 is 0. The van der Waals surface area contributed by atoms with E-state index in [0.29, 0.717) is 13.0 Å². The average Bonchev–Trinajstić information content (AvgIpc) is 3.10. The van der Waals surface area contributed by atoms with Gasteiger partial charge in [0.1, 0.15) is 6.10 Å². The lowest BCUT2D eigenvalue weighted by molar-refractivity contribution is -0.154. The van der Waals surface area contributed by atoms with Crippen molar-refractivity contribution < 1.29 is 32.8 Å². The Labute approximate surface area is 309 Å². The Morgan fingerprint density at radius 2 is 1.00 bits per heavy atom. The van der Waals surface area contributed by atoms with Crippen LogP contribution in [0.3, 0.4) is 0 Å². The number of phosphoric ester groups is 1. The minimum Gasteiger partial charge on any atom is -0.457 e. The Balaban J connectivity index is 3.99. The molecule has 0 aliphatic carbocycles. The first-order chi connectivity index (χ1) is 24.4. The Morgan fingerprint density at radius 1 is 0.580 bits per heavy atom. The van der Waals surface area contributed by atoms with Crippen LogP contribution in [0.4, 0.5) is 0 Å². The van der Waals surface area contributed by atoms with Gasteiger partial charge in [-0.05, 0) is 38.5 Å². The van der Waals surface area contributed by atoms with Gasteiger partial charge in [0, 0.05) is 19.6 Å². The van der Waals surface area contributed by atoms with E-state index < -0.39 is 13.9 Å². The molecule has 0 aromatic heterocycles. The van der Waals surface area contributed by atoms with Crippen molar-refractivity contribution in [2.45, 2.75) is 213 Å². The molecule has 0 aromatic rings. The van der Waals surface area contributed by atoms with Crippen LogP contribution in [0.2, 0.25) is 0 Å². The molecule has 0 aromatic carbocycles. The minimum atomic E-state index is -4.27. The van der Waals surface area contributed by atoms with Crippen LogP contribution in [-0.4, -0.2) is 49.9 Å². The molecule has 2 atom stereocenters. The van der Waals surface area contributed by atoms with E-state index in [1.54, 1.807) is 0 Å². The normalized spacial score (nSPS) is 13.6. The molecule has 0 saturated heterocycles. The fourth-order valence-corrected chi connectivity index (χ4v) is 6.82. The molecular weight excluding hydrogens is 649 g/mol. The summed E-state index contributed by atoms with van der Waals surface area (Å²) in [7, 11) is -4.27. The van der Waals surface area contributed by atoms with E-state index in [0.717, 1.165) is 32.1 Å². The maximum Gasteiger partial charge on any atom is 0.472 e. The molecule has 0 bridgehead atoms. The van der Waals surface area contributed by atoms with Crippen LogP contribution in [0.1, 0.15) is 206 Å². The highest BCUT2D eigenvalue weighted by molar-refractivity contribution is 7.47. The van der Waals surface area contributed by atoms with Crippen LogP contribution in [0.25, 0.3) is 0 Å². The largest absolute Gasteiger partial charge is 0.472 e. The van der Waals surface area contributed by atoms with E-state index in [4.69, 9.17) is 24.3 Å². The van der Waals surface area contributed by atoms with Crippen LogP contribution in [0, 0.1) is 0 Å². The van der Waals surface area contributed by atoms with Gasteiger partial charge < -0.3 is 20.1 Å². The van der Waals surface area contributed by atoms with E-state index in [9.17, 15) is 14.3 Å². The third kappa shape index (κ3) is 38.5. The molecule has 0 fully saturated rings. The second kappa shape index (κ2) is 39.4. The van der Waals surface area contributed by atoms with E-state index >= 15 is 0 Å². The average molecular weight is 732 g/mol. The van der Waals surface area contributed by atoms with Gasteiger partial charge in [-0.15, -0.1) is 0 Å². The molecule has 0 aliphatic heterocycles. The first-order valence-corrected chi connectivity index (χ1v) is 22.7. The van der Waals surface area contributed by atoms with Crippen molar-refractivity contribution in [1.82, 2.24) is 0 Å². The van der Waals surface area contributed by atoms with Crippen molar-refractivity contribution in [2.75, 3.05) is 33.0 Å². The van der Waals surface area contributed by atoms with Gasteiger partial charge in [0.2, 0.25) is 0 Å². The quantitative estimate of drug-likeness (QED) is 0.0276. The van der Waals surface area contributed by atoms with Gasteiger partial charge in [-0.3, -0.25) is 13.8 Å². The molecule has 0 radical (unpaired) electrons. The molecule has 3 N–H and O–H groups in total. The molecule has 50 heavy (non-hydrogen) atoms. The number of allylic oxidation sites excluding steroid dienone is 2. The predicted octanol–water partition coefficient (Wildman–Crippen LogP) is 12.3. The van der Waals surface area contributed by atoms with E-state index in [2.05, 4.69) is 26.0 Å². The molecule has 0 aliphatic rings. The zero-order valence-corrected chi connectivity index (χ0v) is 33.8. The summed E-state index contributed by atoms with van der Waals surface area (Å²) in [6.07, 6.45) is 40.8. The van der Waals surface area contributed by atoms with E-state index in [-0.39, 0.29) is 32.3 Å². The third-order valence-electron chi connectivity index (χ3n) is 9.18. The Morgan fingerprint density at radius 3 is 1.46 bits per heavy atom. The molecule has 0 spiro atoms. The highest BCUT2D eigenvalue weighted by atomic mass is 31.2. The van der Waals surface area contributed by atoms with Crippen molar-refractivity contribution in [1.29, 1.82) is 0 Å². The molecule has 0 amide bonds. The van der Waals surface area contributed by atoms with Gasteiger partial charge >= 0.3 is 13.8 Å². The monoisotopic (exact) mass is 732 g/mol. The number of phosphoric acid groups is 1. The number of carbonyl (C=O) groups excluding carboxylic acids is 1. The van der Waals surface area contributed by atoms with Crippen LogP contribution in [0.5, 0.6) is 0 Å². The first kappa shape index (κ1) is 49.2. The summed E-state index contributed by atoms with van der Waals surface area (Å²) in [6.45, 7) is 4.95. The second-order valence-corrected chi connectivity index (χ2v) is 15.7. The third-order valence-corrected chi connectivity index (χ3v) is 10.2. The van der Waals surface area contributed by atoms with Crippen molar-refractivity contribution in [3.8, 4) is 0 Å². The van der Waals surface area contributed by atoms with Crippen molar-refractivity contribution in [3.63, 3.8) is 0 Å². The molecular formula is C41H82NO7P. The van der Waals surface area contributed by atoms with Gasteiger partial charge in [-0.25, -0.2) is 4.57 Å². The lowest BCUT2D eigenvalue weighted by Crippen LogP contribution is -2.28. The number of carbonyl (C=O) groups is 1. The van der Waals surface area contributed by atoms with Crippen molar-refractivity contribution in [2.24, 2.45) is 5.73 Å². The van der Waals surface area contributed by atoms with Crippen LogP contribution >= 0.6 is 7.82 Å². The molecule has 8 nitrogen and oxygen atoms in total. The summed E-state index contributed by atoms with van der Waals surface area (Å²) in [6, 6.07) is 0. The van der Waals surface area contributed by atoms with Crippen molar-refractivity contribution in [3.05, 3.63) is 12.2 Å². The van der Waals surface area contributed by atoms with Gasteiger partial charge in [0.25, 0.3) is 0 Å². The van der Waals surface area contributed by atoms with Gasteiger partial charge in [0.05, 0.1) is 19.8 Å². The summed E-state index contributed by atoms with van der Waals surface area (Å²) in [5, 5.41) is 0. The molecule has 9 heteroatoms. The Bertz CT molecular complexity index is 782. The highest BCUT2D eigenvalue weighted by Gasteiger charge is 2.25. The maximum atomic E-state index is 12.6. The Hall–Kier alpha value is -0.760. The number of hydrogen-bond acceptors (Lipinski definition) is 7. The lowest BCUT2D eigenvalue weighted by Gasteiger charge is -2.20. The fourth-order valence-electron chi connectivity index (χ4n) is 6.05. The van der Waals surface area contributed by atoms with E-state index in [1.165, 1.54) is 154 Å². The second-order valence-electron chi connectivity index (χ2n) is 14.2. The number of esters is 1. The number of hydrogen-bond donors (Lipinski definition) is 2.